The van der Waals surface area contributed by atoms with Gasteiger partial charge in [-0.15, -0.1) is 0 Å². The van der Waals surface area contributed by atoms with Gasteiger partial charge in [0.05, 0.1) is 10.4 Å². The zero-order chi connectivity index (χ0) is 25.5. The second-order valence-corrected chi connectivity index (χ2v) is 10.7. The number of hydrogen-bond donors (Lipinski definition) is 2. The number of pyridine rings is 1. The second kappa shape index (κ2) is 11.5. The van der Waals surface area contributed by atoms with Crippen LogP contribution < -0.4 is 10.6 Å². The van der Waals surface area contributed by atoms with Gasteiger partial charge in [-0.2, -0.15) is 4.31 Å². The lowest BCUT2D eigenvalue weighted by atomic mass is 10.1. The summed E-state index contributed by atoms with van der Waals surface area (Å²) in [6, 6.07) is 15.9. The first-order valence-corrected chi connectivity index (χ1v) is 13.5. The van der Waals surface area contributed by atoms with Crippen LogP contribution in [0.4, 0.5) is 0 Å². The maximum atomic E-state index is 13.1. The zero-order valence-electron chi connectivity index (χ0n) is 20.0. The summed E-state index contributed by atoms with van der Waals surface area (Å²) in [7, 11) is -3.69. The highest BCUT2D eigenvalue weighted by molar-refractivity contribution is 7.89. The molecular formula is C27H30N4O4S. The number of nitrogens with one attached hydrogen (secondary N) is 2. The molecule has 0 bridgehead atoms. The number of carbonyl (C=O) groups is 2. The molecule has 8 nitrogen and oxygen atoms in total. The van der Waals surface area contributed by atoms with Gasteiger partial charge in [-0.1, -0.05) is 24.8 Å². The van der Waals surface area contributed by atoms with Gasteiger partial charge < -0.3 is 10.6 Å². The molecule has 0 spiro atoms. The fourth-order valence-electron chi connectivity index (χ4n) is 4.33. The van der Waals surface area contributed by atoms with Crippen molar-refractivity contribution in [2.45, 2.75) is 36.6 Å². The van der Waals surface area contributed by atoms with Crippen LogP contribution in [0.1, 0.15) is 35.2 Å². The number of hydrogen-bond acceptors (Lipinski definition) is 5. The molecule has 1 unspecified atom stereocenters. The molecule has 1 aliphatic rings. The van der Waals surface area contributed by atoms with E-state index < -0.39 is 10.0 Å². The van der Waals surface area contributed by atoms with Crippen LogP contribution in [-0.4, -0.2) is 55.2 Å². The first-order valence-electron chi connectivity index (χ1n) is 12.0. The lowest BCUT2D eigenvalue weighted by Gasteiger charge is -2.20. The molecule has 1 fully saturated rings. The van der Waals surface area contributed by atoms with Crippen LogP contribution in [0.5, 0.6) is 0 Å². The Hall–Kier alpha value is -3.56. The van der Waals surface area contributed by atoms with Crippen molar-refractivity contribution in [3.8, 4) is 0 Å². The molecule has 2 heterocycles. The summed E-state index contributed by atoms with van der Waals surface area (Å²) in [4.78, 5) is 28.7. The molecule has 4 rings (SSSR count). The van der Waals surface area contributed by atoms with E-state index in [-0.39, 0.29) is 22.8 Å². The topological polar surface area (TPSA) is 108 Å². The van der Waals surface area contributed by atoms with E-state index in [1.54, 1.807) is 6.20 Å². The maximum absolute atomic E-state index is 13.1. The van der Waals surface area contributed by atoms with Crippen molar-refractivity contribution in [2.75, 3.05) is 19.6 Å². The summed E-state index contributed by atoms with van der Waals surface area (Å²) < 4.78 is 27.7. The smallest absolute Gasteiger partial charge is 0.251 e. The molecular weight excluding hydrogens is 476 g/mol. The minimum Gasteiger partial charge on any atom is -0.352 e. The van der Waals surface area contributed by atoms with Crippen molar-refractivity contribution in [3.63, 3.8) is 0 Å². The van der Waals surface area contributed by atoms with Gasteiger partial charge in [0, 0.05) is 42.8 Å². The summed E-state index contributed by atoms with van der Waals surface area (Å²) in [5, 5.41) is 6.81. The van der Waals surface area contributed by atoms with E-state index in [2.05, 4.69) is 22.2 Å². The molecule has 0 aliphatic carbocycles. The third-order valence-electron chi connectivity index (χ3n) is 6.34. The Balaban J connectivity index is 1.32. The Morgan fingerprint density at radius 3 is 2.67 bits per heavy atom. The zero-order valence-corrected chi connectivity index (χ0v) is 20.8. The number of aromatic nitrogens is 1. The Morgan fingerprint density at radius 1 is 1.08 bits per heavy atom. The number of nitrogens with zero attached hydrogens (tertiary/aromatic N) is 2. The lowest BCUT2D eigenvalue weighted by Crippen LogP contribution is -2.36. The van der Waals surface area contributed by atoms with Crippen LogP contribution in [-0.2, 0) is 21.2 Å². The summed E-state index contributed by atoms with van der Waals surface area (Å²) in [6.07, 6.45) is 5.53. The Morgan fingerprint density at radius 2 is 1.89 bits per heavy atom. The van der Waals surface area contributed by atoms with Crippen molar-refractivity contribution in [1.29, 1.82) is 0 Å². The van der Waals surface area contributed by atoms with Crippen molar-refractivity contribution < 1.29 is 18.0 Å². The van der Waals surface area contributed by atoms with E-state index >= 15 is 0 Å². The fraction of sp³-hybridized carbons (Fsp3) is 0.296. The van der Waals surface area contributed by atoms with Gasteiger partial charge in [-0.25, -0.2) is 8.42 Å². The van der Waals surface area contributed by atoms with Gasteiger partial charge in [-0.05, 0) is 73.7 Å². The van der Waals surface area contributed by atoms with Gasteiger partial charge in [0.25, 0.3) is 5.91 Å². The second-order valence-electron chi connectivity index (χ2n) is 8.81. The van der Waals surface area contributed by atoms with E-state index in [0.29, 0.717) is 50.9 Å². The first kappa shape index (κ1) is 25.5. The number of sulfonamides is 1. The third-order valence-corrected chi connectivity index (χ3v) is 8.26. The van der Waals surface area contributed by atoms with E-state index in [1.165, 1.54) is 34.6 Å². The lowest BCUT2D eigenvalue weighted by molar-refractivity contribution is -0.117. The molecule has 2 aromatic carbocycles. The minimum absolute atomic E-state index is 0.0763. The van der Waals surface area contributed by atoms with E-state index in [4.69, 9.17) is 0 Å². The van der Waals surface area contributed by atoms with Gasteiger partial charge in [0.2, 0.25) is 15.9 Å². The average molecular weight is 507 g/mol. The van der Waals surface area contributed by atoms with E-state index in [1.807, 2.05) is 30.3 Å². The van der Waals surface area contributed by atoms with Crippen molar-refractivity contribution in [2.24, 2.45) is 0 Å². The first-order chi connectivity index (χ1) is 17.4. The molecule has 2 N–H and O–H groups in total. The quantitative estimate of drug-likeness (QED) is 0.457. The van der Waals surface area contributed by atoms with Crippen molar-refractivity contribution >= 4 is 32.7 Å². The maximum Gasteiger partial charge on any atom is 0.251 e. The van der Waals surface area contributed by atoms with Gasteiger partial charge in [-0.3, -0.25) is 14.6 Å². The highest BCUT2D eigenvalue weighted by atomic mass is 32.2. The van der Waals surface area contributed by atoms with Crippen LogP contribution in [0.25, 0.3) is 10.9 Å². The number of amides is 2. The van der Waals surface area contributed by atoms with Crippen molar-refractivity contribution in [3.05, 3.63) is 84.6 Å². The average Bonchev–Trinajstić information content (AvgIpc) is 3.14. The number of carbonyl (C=O) groups excluding carboxylic acids is 2. The van der Waals surface area contributed by atoms with Crippen LogP contribution in [0.2, 0.25) is 0 Å². The Labute approximate surface area is 211 Å². The molecule has 1 saturated heterocycles. The van der Waals surface area contributed by atoms with Crippen LogP contribution in [0.15, 0.2) is 78.3 Å². The SMILES string of the molecule is C=CC(=O)NC1CCCN(S(=O)(=O)c2ccc(C(=O)NCCc3ccc4cccnc4c3)cc2)CC1. The summed E-state index contributed by atoms with van der Waals surface area (Å²) in [5.74, 6) is -0.507. The summed E-state index contributed by atoms with van der Waals surface area (Å²) in [6.45, 7) is 4.61. The van der Waals surface area contributed by atoms with Gasteiger partial charge in [0.15, 0.2) is 0 Å². The van der Waals surface area contributed by atoms with Crippen LogP contribution >= 0.6 is 0 Å². The third kappa shape index (κ3) is 6.16. The molecule has 3 aromatic rings. The number of benzene rings is 2. The van der Waals surface area contributed by atoms with Crippen LogP contribution in [0.3, 0.4) is 0 Å². The standard InChI is InChI=1S/C27H30N4O4S/c1-2-26(32)30-23-6-4-17-31(18-14-23)36(34,35)24-11-9-22(10-12-24)27(33)29-16-13-20-7-8-21-5-3-15-28-25(21)19-20/h2-3,5,7-12,15,19,23H,1,4,6,13-14,16-18H2,(H,29,33)(H,30,32). The molecule has 1 atom stereocenters. The fourth-order valence-corrected chi connectivity index (χ4v) is 5.83. The predicted molar refractivity (Wildman–Crippen MR) is 139 cm³/mol. The molecule has 2 amide bonds. The Bertz CT molecular complexity index is 1360. The molecule has 0 saturated carbocycles. The molecule has 9 heteroatoms. The van der Waals surface area contributed by atoms with E-state index in [9.17, 15) is 18.0 Å². The van der Waals surface area contributed by atoms with Gasteiger partial charge in [0.1, 0.15) is 0 Å². The molecule has 36 heavy (non-hydrogen) atoms. The normalized spacial score (nSPS) is 16.7. The minimum atomic E-state index is -3.69. The summed E-state index contributed by atoms with van der Waals surface area (Å²) in [5.41, 5.74) is 2.39. The molecule has 0 radical (unpaired) electrons. The highest BCUT2D eigenvalue weighted by Crippen LogP contribution is 2.21. The number of fused-ring (bicyclic) bond motifs is 1. The predicted octanol–water partition coefficient (Wildman–Crippen LogP) is 3.05. The monoisotopic (exact) mass is 506 g/mol. The highest BCUT2D eigenvalue weighted by Gasteiger charge is 2.28. The number of rotatable bonds is 8. The Kier molecular flexibility index (Phi) is 8.12. The summed E-state index contributed by atoms with van der Waals surface area (Å²) >= 11 is 0. The molecule has 1 aromatic heterocycles. The van der Waals surface area contributed by atoms with E-state index in [0.717, 1.165) is 16.5 Å². The molecule has 188 valence electrons. The van der Waals surface area contributed by atoms with Crippen LogP contribution in [0, 0.1) is 0 Å². The van der Waals surface area contributed by atoms with Crippen molar-refractivity contribution in [1.82, 2.24) is 19.9 Å². The molecule has 1 aliphatic heterocycles. The van der Waals surface area contributed by atoms with Gasteiger partial charge >= 0.3 is 0 Å². The largest absolute Gasteiger partial charge is 0.352 e.